The van der Waals surface area contributed by atoms with Gasteiger partial charge in [-0.2, -0.15) is 5.10 Å². The van der Waals surface area contributed by atoms with Gasteiger partial charge in [0.1, 0.15) is 5.82 Å². The second-order valence-corrected chi connectivity index (χ2v) is 4.93. The second kappa shape index (κ2) is 5.63. The van der Waals surface area contributed by atoms with E-state index in [-0.39, 0.29) is 11.9 Å². The largest absolute Gasteiger partial charge is 0.305 e. The molecular formula is C13H15BrFN3. The molecule has 5 heteroatoms. The summed E-state index contributed by atoms with van der Waals surface area (Å²) in [7, 11) is 1.88. The van der Waals surface area contributed by atoms with Gasteiger partial charge in [-0.15, -0.1) is 0 Å². The Morgan fingerprint density at radius 3 is 2.78 bits per heavy atom. The molecule has 18 heavy (non-hydrogen) atoms. The molecule has 0 saturated carbocycles. The van der Waals surface area contributed by atoms with Crippen LogP contribution < -0.4 is 5.32 Å². The lowest BCUT2D eigenvalue weighted by Crippen LogP contribution is -2.22. The van der Waals surface area contributed by atoms with Gasteiger partial charge in [0.2, 0.25) is 0 Å². The van der Waals surface area contributed by atoms with Crippen molar-refractivity contribution in [3.05, 3.63) is 52.0 Å². The highest BCUT2D eigenvalue weighted by molar-refractivity contribution is 9.10. The maximum absolute atomic E-state index is 13.3. The second-order valence-electron chi connectivity index (χ2n) is 4.08. The van der Waals surface area contributed by atoms with E-state index in [4.69, 9.17) is 0 Å². The topological polar surface area (TPSA) is 29.9 Å². The third kappa shape index (κ3) is 2.79. The van der Waals surface area contributed by atoms with Crippen molar-refractivity contribution >= 4 is 15.9 Å². The van der Waals surface area contributed by atoms with E-state index in [0.29, 0.717) is 4.47 Å². The first-order valence-electron chi connectivity index (χ1n) is 5.79. The van der Waals surface area contributed by atoms with Gasteiger partial charge in [0.25, 0.3) is 0 Å². The van der Waals surface area contributed by atoms with Gasteiger partial charge in [0, 0.05) is 13.2 Å². The molecule has 0 radical (unpaired) electrons. The van der Waals surface area contributed by atoms with E-state index in [1.807, 2.05) is 26.2 Å². The lowest BCUT2D eigenvalue weighted by molar-refractivity contribution is 0.591. The van der Waals surface area contributed by atoms with Crippen molar-refractivity contribution in [3.63, 3.8) is 0 Å². The average molecular weight is 312 g/mol. The van der Waals surface area contributed by atoms with Crippen LogP contribution in [0.5, 0.6) is 0 Å². The smallest absolute Gasteiger partial charge is 0.137 e. The van der Waals surface area contributed by atoms with E-state index in [1.54, 1.807) is 16.8 Å². The summed E-state index contributed by atoms with van der Waals surface area (Å²) in [6.07, 6.45) is 1.90. The zero-order valence-electron chi connectivity index (χ0n) is 10.3. The molecule has 1 aromatic heterocycles. The predicted octanol–water partition coefficient (Wildman–Crippen LogP) is 3.02. The molecule has 1 N–H and O–H groups in total. The van der Waals surface area contributed by atoms with Crippen LogP contribution in [0.25, 0.3) is 0 Å². The number of aryl methyl sites for hydroxylation is 1. The Labute approximate surface area is 114 Å². The normalized spacial score (nSPS) is 12.7. The third-order valence-corrected chi connectivity index (χ3v) is 3.32. The minimum Gasteiger partial charge on any atom is -0.305 e. The highest BCUT2D eigenvalue weighted by atomic mass is 79.9. The summed E-state index contributed by atoms with van der Waals surface area (Å²) in [5.41, 5.74) is 1.92. The van der Waals surface area contributed by atoms with Crippen molar-refractivity contribution in [2.75, 3.05) is 6.54 Å². The minimum absolute atomic E-state index is 0.0203. The van der Waals surface area contributed by atoms with Crippen molar-refractivity contribution in [3.8, 4) is 0 Å². The Kier molecular flexibility index (Phi) is 4.14. The molecule has 0 bridgehead atoms. The molecule has 1 atom stereocenters. The van der Waals surface area contributed by atoms with Gasteiger partial charge in [-0.1, -0.05) is 13.0 Å². The van der Waals surface area contributed by atoms with Crippen molar-refractivity contribution in [1.29, 1.82) is 0 Å². The lowest BCUT2D eigenvalue weighted by atomic mass is 10.0. The monoisotopic (exact) mass is 311 g/mol. The van der Waals surface area contributed by atoms with E-state index in [9.17, 15) is 4.39 Å². The van der Waals surface area contributed by atoms with Crippen molar-refractivity contribution in [2.45, 2.75) is 13.0 Å². The fourth-order valence-corrected chi connectivity index (χ4v) is 2.27. The van der Waals surface area contributed by atoms with Crippen molar-refractivity contribution in [1.82, 2.24) is 15.1 Å². The molecule has 0 aliphatic rings. The van der Waals surface area contributed by atoms with E-state index >= 15 is 0 Å². The summed E-state index contributed by atoms with van der Waals surface area (Å²) < 4.78 is 15.5. The number of halogens is 2. The van der Waals surface area contributed by atoms with Gasteiger partial charge in [-0.3, -0.25) is 4.68 Å². The van der Waals surface area contributed by atoms with Gasteiger partial charge in [-0.05, 0) is 46.2 Å². The summed E-state index contributed by atoms with van der Waals surface area (Å²) in [6.45, 7) is 2.85. The van der Waals surface area contributed by atoms with Crippen LogP contribution in [-0.4, -0.2) is 16.3 Å². The first-order chi connectivity index (χ1) is 8.61. The van der Waals surface area contributed by atoms with Gasteiger partial charge in [0.05, 0.1) is 16.2 Å². The standard InChI is InChI=1S/C13H15BrFN3/c1-3-16-13(12-6-7-18(2)17-12)9-4-5-11(15)10(14)8-9/h4-8,13,16H,3H2,1-2H3. The highest BCUT2D eigenvalue weighted by Gasteiger charge is 2.16. The number of benzene rings is 1. The van der Waals surface area contributed by atoms with E-state index in [0.717, 1.165) is 17.8 Å². The van der Waals surface area contributed by atoms with Crippen LogP contribution >= 0.6 is 15.9 Å². The first-order valence-corrected chi connectivity index (χ1v) is 6.59. The number of rotatable bonds is 4. The Balaban J connectivity index is 2.37. The third-order valence-electron chi connectivity index (χ3n) is 2.72. The summed E-state index contributed by atoms with van der Waals surface area (Å²) in [4.78, 5) is 0. The molecule has 0 saturated heterocycles. The first kappa shape index (κ1) is 13.2. The zero-order valence-corrected chi connectivity index (χ0v) is 11.9. The number of aromatic nitrogens is 2. The molecule has 1 aromatic carbocycles. The predicted molar refractivity (Wildman–Crippen MR) is 72.8 cm³/mol. The molecule has 0 aliphatic heterocycles. The SMILES string of the molecule is CCNC(c1ccc(F)c(Br)c1)c1ccn(C)n1. The van der Waals surface area contributed by atoms with E-state index in [1.165, 1.54) is 6.07 Å². The minimum atomic E-state index is -0.255. The Morgan fingerprint density at radius 1 is 1.44 bits per heavy atom. The molecule has 96 valence electrons. The number of nitrogens with zero attached hydrogens (tertiary/aromatic N) is 2. The maximum Gasteiger partial charge on any atom is 0.137 e. The molecule has 0 spiro atoms. The summed E-state index contributed by atoms with van der Waals surface area (Å²) in [6, 6.07) is 6.98. The number of hydrogen-bond donors (Lipinski definition) is 1. The molecule has 2 aromatic rings. The van der Waals surface area contributed by atoms with Gasteiger partial charge < -0.3 is 5.32 Å². The fourth-order valence-electron chi connectivity index (χ4n) is 1.88. The summed E-state index contributed by atoms with van der Waals surface area (Å²) in [5, 5.41) is 7.76. The van der Waals surface area contributed by atoms with Crippen LogP contribution in [-0.2, 0) is 7.05 Å². The fraction of sp³-hybridized carbons (Fsp3) is 0.308. The zero-order chi connectivity index (χ0) is 13.1. The Hall–Kier alpha value is -1.20. The molecule has 0 amide bonds. The lowest BCUT2D eigenvalue weighted by Gasteiger charge is -2.16. The van der Waals surface area contributed by atoms with Crippen LogP contribution in [0, 0.1) is 5.82 Å². The average Bonchev–Trinajstić information content (AvgIpc) is 2.76. The number of nitrogens with one attached hydrogen (secondary N) is 1. The molecule has 3 nitrogen and oxygen atoms in total. The van der Waals surface area contributed by atoms with Gasteiger partial charge in [0.15, 0.2) is 0 Å². The van der Waals surface area contributed by atoms with Crippen molar-refractivity contribution < 1.29 is 4.39 Å². The van der Waals surface area contributed by atoms with Crippen LogP contribution in [0.1, 0.15) is 24.2 Å². The summed E-state index contributed by atoms with van der Waals surface area (Å²) in [5.74, 6) is -0.255. The van der Waals surface area contributed by atoms with Gasteiger partial charge >= 0.3 is 0 Å². The molecular weight excluding hydrogens is 297 g/mol. The van der Waals surface area contributed by atoms with Gasteiger partial charge in [-0.25, -0.2) is 4.39 Å². The van der Waals surface area contributed by atoms with Crippen molar-refractivity contribution in [2.24, 2.45) is 7.05 Å². The highest BCUT2D eigenvalue weighted by Crippen LogP contribution is 2.25. The molecule has 2 rings (SSSR count). The van der Waals surface area contributed by atoms with Crippen LogP contribution in [0.15, 0.2) is 34.9 Å². The maximum atomic E-state index is 13.3. The molecule has 0 aliphatic carbocycles. The Morgan fingerprint density at radius 2 is 2.22 bits per heavy atom. The quantitative estimate of drug-likeness (QED) is 0.940. The number of hydrogen-bond acceptors (Lipinski definition) is 2. The van der Waals surface area contributed by atoms with E-state index < -0.39 is 0 Å². The summed E-state index contributed by atoms with van der Waals surface area (Å²) >= 11 is 3.21. The molecule has 1 heterocycles. The van der Waals surface area contributed by atoms with Crippen LogP contribution in [0.2, 0.25) is 0 Å². The molecule has 0 fully saturated rings. The van der Waals surface area contributed by atoms with Crippen LogP contribution in [0.4, 0.5) is 4.39 Å². The Bertz CT molecular complexity index is 539. The van der Waals surface area contributed by atoms with Crippen LogP contribution in [0.3, 0.4) is 0 Å². The van der Waals surface area contributed by atoms with E-state index in [2.05, 4.69) is 26.3 Å². The molecule has 1 unspecified atom stereocenters.